The molecule has 1 heterocycles. The van der Waals surface area contributed by atoms with Crippen LogP contribution in [0.5, 0.6) is 0 Å². The molecule has 0 fully saturated rings. The largest absolute Gasteiger partial charge is 0.465 e. The van der Waals surface area contributed by atoms with E-state index in [0.717, 1.165) is 6.42 Å². The minimum absolute atomic E-state index is 0.120. The number of ketones is 1. The predicted octanol–water partition coefficient (Wildman–Crippen LogP) is 2.42. The number of hydrogen-bond donors (Lipinski definition) is 0. The first-order chi connectivity index (χ1) is 7.63. The summed E-state index contributed by atoms with van der Waals surface area (Å²) in [7, 11) is 0. The Balaban J connectivity index is 2.96. The first kappa shape index (κ1) is 12.7. The number of allylic oxidation sites excluding steroid dienone is 2. The van der Waals surface area contributed by atoms with E-state index < -0.39 is 5.41 Å². The van der Waals surface area contributed by atoms with E-state index in [9.17, 15) is 9.59 Å². The maximum atomic E-state index is 11.9. The quantitative estimate of drug-likeness (QED) is 0.417. The van der Waals surface area contributed by atoms with Crippen molar-refractivity contribution in [3.63, 3.8) is 0 Å². The van der Waals surface area contributed by atoms with Gasteiger partial charge in [-0.05, 0) is 32.6 Å². The van der Waals surface area contributed by atoms with E-state index in [4.69, 9.17) is 4.74 Å². The van der Waals surface area contributed by atoms with E-state index in [1.54, 1.807) is 6.08 Å². The normalized spacial score (nSPS) is 27.4. The molecule has 88 valence electrons. The third kappa shape index (κ3) is 2.60. The molecule has 0 bridgehead atoms. The maximum Gasteiger partial charge on any atom is 0.319 e. The molecule has 0 aromatic heterocycles. The second kappa shape index (κ2) is 5.64. The van der Waals surface area contributed by atoms with Crippen LogP contribution < -0.4 is 0 Å². The van der Waals surface area contributed by atoms with Crippen molar-refractivity contribution in [3.05, 3.63) is 24.8 Å². The van der Waals surface area contributed by atoms with Gasteiger partial charge in [-0.2, -0.15) is 0 Å². The lowest BCUT2D eigenvalue weighted by atomic mass is 9.76. The van der Waals surface area contributed by atoms with Crippen LogP contribution in [0.3, 0.4) is 0 Å². The number of carbonyl (C=O) groups excluding carboxylic acids is 2. The number of cyclic esters (lactones) is 1. The molecule has 0 aliphatic carbocycles. The van der Waals surface area contributed by atoms with Crippen LogP contribution >= 0.6 is 0 Å². The number of Topliss-reactive ketones (excluding diaryl/α,β-unsaturated/α-hetero) is 1. The average molecular weight is 222 g/mol. The summed E-state index contributed by atoms with van der Waals surface area (Å²) in [6.07, 6.45) is 7.87. The minimum atomic E-state index is -0.995. The maximum absolute atomic E-state index is 11.9. The Morgan fingerprint density at radius 2 is 2.38 bits per heavy atom. The van der Waals surface area contributed by atoms with Gasteiger partial charge in [0, 0.05) is 0 Å². The summed E-state index contributed by atoms with van der Waals surface area (Å²) in [5.74, 6) is -0.503. The molecule has 0 N–H and O–H groups in total. The monoisotopic (exact) mass is 222 g/mol. The Bertz CT molecular complexity index is 317. The van der Waals surface area contributed by atoms with Crippen LogP contribution in [0.4, 0.5) is 0 Å². The molecule has 0 unspecified atom stereocenters. The van der Waals surface area contributed by atoms with Crippen LogP contribution in [0.25, 0.3) is 0 Å². The summed E-state index contributed by atoms with van der Waals surface area (Å²) in [4.78, 5) is 23.7. The number of ether oxygens (including phenoxy) is 1. The minimum Gasteiger partial charge on any atom is -0.465 e. The zero-order chi connectivity index (χ0) is 12.0. The van der Waals surface area contributed by atoms with Gasteiger partial charge in [-0.25, -0.2) is 0 Å². The average Bonchev–Trinajstić information content (AvgIpc) is 2.23. The molecule has 16 heavy (non-hydrogen) atoms. The highest BCUT2D eigenvalue weighted by molar-refractivity contribution is 6.02. The van der Waals surface area contributed by atoms with Crippen molar-refractivity contribution in [3.8, 4) is 0 Å². The van der Waals surface area contributed by atoms with E-state index in [1.807, 2.05) is 12.2 Å². The van der Waals surface area contributed by atoms with Crippen molar-refractivity contribution >= 4 is 11.8 Å². The Morgan fingerprint density at radius 1 is 1.62 bits per heavy atom. The van der Waals surface area contributed by atoms with Gasteiger partial charge in [-0.3, -0.25) is 9.59 Å². The van der Waals surface area contributed by atoms with E-state index in [0.29, 0.717) is 25.9 Å². The third-order valence-electron chi connectivity index (χ3n) is 2.99. The fourth-order valence-corrected chi connectivity index (χ4v) is 1.86. The molecular weight excluding hydrogens is 204 g/mol. The molecule has 1 aliphatic heterocycles. The van der Waals surface area contributed by atoms with E-state index >= 15 is 0 Å². The summed E-state index contributed by atoms with van der Waals surface area (Å²) in [5, 5.41) is 0. The van der Waals surface area contributed by atoms with Crippen molar-refractivity contribution < 1.29 is 14.3 Å². The molecule has 1 atom stereocenters. The summed E-state index contributed by atoms with van der Waals surface area (Å²) in [5.41, 5.74) is -0.995. The van der Waals surface area contributed by atoms with Gasteiger partial charge in [-0.15, -0.1) is 6.58 Å². The Hall–Kier alpha value is -1.38. The Labute approximate surface area is 96.2 Å². The lowest BCUT2D eigenvalue weighted by Crippen LogP contribution is -2.39. The third-order valence-corrected chi connectivity index (χ3v) is 2.99. The molecule has 1 aliphatic rings. The number of hydrogen-bond acceptors (Lipinski definition) is 3. The van der Waals surface area contributed by atoms with Gasteiger partial charge < -0.3 is 4.74 Å². The van der Waals surface area contributed by atoms with Crippen LogP contribution in [0, 0.1) is 5.41 Å². The molecule has 3 nitrogen and oxygen atoms in total. The van der Waals surface area contributed by atoms with Crippen LogP contribution in [0.15, 0.2) is 24.8 Å². The lowest BCUT2D eigenvalue weighted by Gasteiger charge is -2.28. The van der Waals surface area contributed by atoms with Crippen molar-refractivity contribution in [2.24, 2.45) is 5.41 Å². The number of rotatable bonds is 4. The molecule has 0 radical (unpaired) electrons. The van der Waals surface area contributed by atoms with Crippen molar-refractivity contribution in [2.45, 2.75) is 32.6 Å². The Morgan fingerprint density at radius 3 is 3.00 bits per heavy atom. The van der Waals surface area contributed by atoms with E-state index in [-0.39, 0.29) is 11.8 Å². The lowest BCUT2D eigenvalue weighted by molar-refractivity contribution is -0.160. The van der Waals surface area contributed by atoms with Gasteiger partial charge in [0.25, 0.3) is 0 Å². The van der Waals surface area contributed by atoms with Gasteiger partial charge in [-0.1, -0.05) is 18.2 Å². The summed E-state index contributed by atoms with van der Waals surface area (Å²) in [6.45, 7) is 5.44. The van der Waals surface area contributed by atoms with Crippen molar-refractivity contribution in [1.82, 2.24) is 0 Å². The molecule has 0 aromatic rings. The number of carbonyl (C=O) groups is 2. The molecular formula is C13H18O3. The number of esters is 1. The second-order valence-electron chi connectivity index (χ2n) is 4.07. The predicted molar refractivity (Wildman–Crippen MR) is 61.9 cm³/mol. The highest BCUT2D eigenvalue weighted by Gasteiger charge is 2.43. The first-order valence-corrected chi connectivity index (χ1v) is 5.57. The molecule has 0 aromatic carbocycles. The zero-order valence-electron chi connectivity index (χ0n) is 9.70. The fraction of sp³-hybridized carbons (Fsp3) is 0.538. The highest BCUT2D eigenvalue weighted by Crippen LogP contribution is 2.33. The zero-order valence-corrected chi connectivity index (χ0v) is 9.70. The van der Waals surface area contributed by atoms with Gasteiger partial charge in [0.05, 0.1) is 6.61 Å². The van der Waals surface area contributed by atoms with Crippen LogP contribution in [-0.4, -0.2) is 18.4 Å². The molecule has 0 saturated carbocycles. The van der Waals surface area contributed by atoms with E-state index in [2.05, 4.69) is 6.58 Å². The van der Waals surface area contributed by atoms with Gasteiger partial charge in [0.15, 0.2) is 0 Å². The summed E-state index contributed by atoms with van der Waals surface area (Å²) >= 11 is 0. The van der Waals surface area contributed by atoms with Gasteiger partial charge >= 0.3 is 5.97 Å². The van der Waals surface area contributed by atoms with Gasteiger partial charge in [0.1, 0.15) is 11.2 Å². The first-order valence-electron chi connectivity index (χ1n) is 5.57. The molecule has 3 heteroatoms. The van der Waals surface area contributed by atoms with Crippen LogP contribution in [-0.2, 0) is 14.3 Å². The fourth-order valence-electron chi connectivity index (χ4n) is 1.86. The van der Waals surface area contributed by atoms with Crippen LogP contribution in [0.1, 0.15) is 32.6 Å². The van der Waals surface area contributed by atoms with E-state index in [1.165, 1.54) is 6.92 Å². The second-order valence-corrected chi connectivity index (χ2v) is 4.07. The highest BCUT2D eigenvalue weighted by atomic mass is 16.5. The topological polar surface area (TPSA) is 43.4 Å². The smallest absolute Gasteiger partial charge is 0.319 e. The molecule has 0 saturated heterocycles. The molecule has 0 amide bonds. The standard InChI is InChI=1S/C13H18O3/c1-3-4-8-13(11(2)14)9-6-5-7-10-16-12(13)15/h3,5-6H,1,4,7-10H2,2H3/b6-5-/t13-/m1/s1. The SMILES string of the molecule is C=CCC[C@]1(C(C)=O)C/C=C\CCOC1=O. The summed E-state index contributed by atoms with van der Waals surface area (Å²) in [6, 6.07) is 0. The Kier molecular flexibility index (Phi) is 4.47. The van der Waals surface area contributed by atoms with Crippen LogP contribution in [0.2, 0.25) is 0 Å². The summed E-state index contributed by atoms with van der Waals surface area (Å²) < 4.78 is 5.11. The molecule has 0 spiro atoms. The van der Waals surface area contributed by atoms with Gasteiger partial charge in [0.2, 0.25) is 0 Å². The molecule has 1 rings (SSSR count). The van der Waals surface area contributed by atoms with Crippen molar-refractivity contribution in [2.75, 3.05) is 6.61 Å². The van der Waals surface area contributed by atoms with Crippen molar-refractivity contribution in [1.29, 1.82) is 0 Å².